The smallest absolute Gasteiger partial charge is 0.223 e. The van der Waals surface area contributed by atoms with E-state index in [1.54, 1.807) is 11.6 Å². The fourth-order valence-electron chi connectivity index (χ4n) is 3.79. The molecule has 144 valence electrons. The van der Waals surface area contributed by atoms with Crippen molar-refractivity contribution >= 4 is 22.5 Å². The average molecular weight is 369 g/mol. The van der Waals surface area contributed by atoms with E-state index in [0.717, 1.165) is 61.4 Å². The van der Waals surface area contributed by atoms with Crippen LogP contribution in [0.5, 0.6) is 5.75 Å². The molecule has 27 heavy (non-hydrogen) atoms. The lowest BCUT2D eigenvalue weighted by Crippen LogP contribution is -2.38. The molecule has 8 heteroatoms. The van der Waals surface area contributed by atoms with Crippen molar-refractivity contribution in [3.63, 3.8) is 0 Å². The SMILES string of the molecule is COc1cccc2c1nc(N)n1nc([C@@H]3CCCN(CCN(C)C)C3)nc21. The summed E-state index contributed by atoms with van der Waals surface area (Å²) in [5.74, 6) is 2.20. The number of rotatable bonds is 5. The second kappa shape index (κ2) is 7.28. The van der Waals surface area contributed by atoms with E-state index >= 15 is 0 Å². The number of likely N-dealkylation sites (tertiary alicyclic amines) is 1. The van der Waals surface area contributed by atoms with Crippen molar-refractivity contribution in [2.75, 3.05) is 53.1 Å². The Morgan fingerprint density at radius 3 is 2.93 bits per heavy atom. The van der Waals surface area contributed by atoms with Crippen LogP contribution in [-0.4, -0.2) is 76.8 Å². The molecule has 1 fully saturated rings. The van der Waals surface area contributed by atoms with Crippen LogP contribution in [0.2, 0.25) is 0 Å². The van der Waals surface area contributed by atoms with Crippen LogP contribution in [-0.2, 0) is 0 Å². The Kier molecular flexibility index (Phi) is 4.84. The van der Waals surface area contributed by atoms with Gasteiger partial charge in [-0.1, -0.05) is 6.07 Å². The highest BCUT2D eigenvalue weighted by molar-refractivity contribution is 5.95. The van der Waals surface area contributed by atoms with Crippen molar-refractivity contribution < 1.29 is 4.74 Å². The van der Waals surface area contributed by atoms with E-state index in [1.807, 2.05) is 18.2 Å². The number of para-hydroxylation sites is 1. The molecule has 4 rings (SSSR count). The van der Waals surface area contributed by atoms with Crippen LogP contribution in [0.15, 0.2) is 18.2 Å². The number of likely N-dealkylation sites (N-methyl/N-ethyl adjacent to an activating group) is 1. The molecule has 0 aliphatic carbocycles. The van der Waals surface area contributed by atoms with Gasteiger partial charge in [-0.05, 0) is 45.6 Å². The Morgan fingerprint density at radius 2 is 2.15 bits per heavy atom. The van der Waals surface area contributed by atoms with Gasteiger partial charge in [0.2, 0.25) is 5.95 Å². The van der Waals surface area contributed by atoms with Crippen molar-refractivity contribution in [3.8, 4) is 5.75 Å². The molecule has 3 heterocycles. The van der Waals surface area contributed by atoms with Crippen molar-refractivity contribution in [1.82, 2.24) is 29.4 Å². The minimum atomic E-state index is 0.320. The lowest BCUT2D eigenvalue weighted by molar-refractivity contribution is 0.187. The second-order valence-electron chi connectivity index (χ2n) is 7.47. The number of ether oxygens (including phenoxy) is 1. The minimum Gasteiger partial charge on any atom is -0.494 e. The molecule has 0 spiro atoms. The number of nitrogens with zero attached hydrogens (tertiary/aromatic N) is 6. The number of aromatic nitrogens is 4. The summed E-state index contributed by atoms with van der Waals surface area (Å²) in [7, 11) is 5.86. The van der Waals surface area contributed by atoms with Gasteiger partial charge in [0, 0.05) is 30.9 Å². The molecule has 0 amide bonds. The molecule has 1 aliphatic rings. The summed E-state index contributed by atoms with van der Waals surface area (Å²) in [4.78, 5) is 14.1. The van der Waals surface area contributed by atoms with Gasteiger partial charge in [-0.3, -0.25) is 0 Å². The summed E-state index contributed by atoms with van der Waals surface area (Å²) in [5.41, 5.74) is 7.64. The van der Waals surface area contributed by atoms with Crippen molar-refractivity contribution in [2.24, 2.45) is 0 Å². The summed E-state index contributed by atoms with van der Waals surface area (Å²) < 4.78 is 7.09. The molecule has 3 aromatic rings. The maximum atomic E-state index is 6.17. The van der Waals surface area contributed by atoms with Crippen LogP contribution in [0.1, 0.15) is 24.6 Å². The van der Waals surface area contributed by atoms with Gasteiger partial charge in [-0.2, -0.15) is 4.52 Å². The topological polar surface area (TPSA) is 84.8 Å². The third-order valence-corrected chi connectivity index (χ3v) is 5.26. The van der Waals surface area contributed by atoms with Crippen LogP contribution in [0.25, 0.3) is 16.6 Å². The van der Waals surface area contributed by atoms with Gasteiger partial charge in [-0.25, -0.2) is 9.97 Å². The number of hydrogen-bond donors (Lipinski definition) is 1. The molecule has 2 N–H and O–H groups in total. The number of fused-ring (bicyclic) bond motifs is 3. The third-order valence-electron chi connectivity index (χ3n) is 5.26. The Bertz CT molecular complexity index is 952. The summed E-state index contributed by atoms with van der Waals surface area (Å²) in [6.07, 6.45) is 2.26. The van der Waals surface area contributed by atoms with Crippen LogP contribution >= 0.6 is 0 Å². The zero-order valence-electron chi connectivity index (χ0n) is 16.2. The molecule has 8 nitrogen and oxygen atoms in total. The largest absolute Gasteiger partial charge is 0.494 e. The molecule has 0 bridgehead atoms. The average Bonchev–Trinajstić information content (AvgIpc) is 3.13. The van der Waals surface area contributed by atoms with Crippen LogP contribution < -0.4 is 10.5 Å². The fraction of sp³-hybridized carbons (Fsp3) is 0.526. The number of anilines is 1. The normalized spacial score (nSPS) is 18.6. The van der Waals surface area contributed by atoms with Crippen LogP contribution in [0.3, 0.4) is 0 Å². The molecule has 1 saturated heterocycles. The molecule has 1 aromatic carbocycles. The molecular formula is C19H27N7O. The highest BCUT2D eigenvalue weighted by atomic mass is 16.5. The van der Waals surface area contributed by atoms with Gasteiger partial charge in [-0.15, -0.1) is 5.10 Å². The van der Waals surface area contributed by atoms with Gasteiger partial charge in [0.1, 0.15) is 11.3 Å². The molecule has 0 saturated carbocycles. The number of methoxy groups -OCH3 is 1. The summed E-state index contributed by atoms with van der Waals surface area (Å²) >= 11 is 0. The standard InChI is InChI=1S/C19H27N7O/c1-24(2)10-11-25-9-5-6-13(12-25)17-22-18-14-7-4-8-15(27-3)16(14)21-19(20)26(18)23-17/h4,7-8,13H,5-6,9-12H2,1-3H3,(H2,20,21)/t13-/m1/s1. The maximum absolute atomic E-state index is 6.17. The maximum Gasteiger partial charge on any atom is 0.223 e. The molecule has 0 unspecified atom stereocenters. The van der Waals surface area contributed by atoms with E-state index in [9.17, 15) is 0 Å². The van der Waals surface area contributed by atoms with Gasteiger partial charge in [0.05, 0.1) is 7.11 Å². The van der Waals surface area contributed by atoms with E-state index in [1.165, 1.54) is 0 Å². The van der Waals surface area contributed by atoms with Gasteiger partial charge in [0.15, 0.2) is 11.5 Å². The van der Waals surface area contributed by atoms with Gasteiger partial charge < -0.3 is 20.3 Å². The number of nitrogens with two attached hydrogens (primary N) is 1. The van der Waals surface area contributed by atoms with Gasteiger partial charge >= 0.3 is 0 Å². The van der Waals surface area contributed by atoms with E-state index in [2.05, 4.69) is 28.9 Å². The Labute approximate surface area is 158 Å². The highest BCUT2D eigenvalue weighted by Gasteiger charge is 2.25. The summed E-state index contributed by atoms with van der Waals surface area (Å²) in [6.45, 7) is 4.26. The molecular weight excluding hydrogens is 342 g/mol. The fourth-order valence-corrected chi connectivity index (χ4v) is 3.79. The zero-order valence-corrected chi connectivity index (χ0v) is 16.2. The number of piperidine rings is 1. The summed E-state index contributed by atoms with van der Waals surface area (Å²) in [6, 6.07) is 5.81. The van der Waals surface area contributed by atoms with Crippen molar-refractivity contribution in [1.29, 1.82) is 0 Å². The number of hydrogen-bond acceptors (Lipinski definition) is 7. The van der Waals surface area contributed by atoms with Crippen molar-refractivity contribution in [3.05, 3.63) is 24.0 Å². The Hall–Kier alpha value is -2.45. The van der Waals surface area contributed by atoms with E-state index in [4.69, 9.17) is 20.6 Å². The first-order valence-corrected chi connectivity index (χ1v) is 9.42. The predicted octanol–water partition coefficient (Wildman–Crippen LogP) is 1.61. The minimum absolute atomic E-state index is 0.320. The van der Waals surface area contributed by atoms with Crippen LogP contribution in [0, 0.1) is 0 Å². The Balaban J connectivity index is 1.69. The van der Waals surface area contributed by atoms with E-state index in [-0.39, 0.29) is 0 Å². The summed E-state index contributed by atoms with van der Waals surface area (Å²) in [5, 5.41) is 5.62. The van der Waals surface area contributed by atoms with Crippen molar-refractivity contribution in [2.45, 2.75) is 18.8 Å². The van der Waals surface area contributed by atoms with E-state index < -0.39 is 0 Å². The molecule has 1 atom stereocenters. The lowest BCUT2D eigenvalue weighted by Gasteiger charge is -2.32. The Morgan fingerprint density at radius 1 is 1.30 bits per heavy atom. The second-order valence-corrected chi connectivity index (χ2v) is 7.47. The lowest BCUT2D eigenvalue weighted by atomic mass is 9.97. The number of benzene rings is 1. The third kappa shape index (κ3) is 3.42. The predicted molar refractivity (Wildman–Crippen MR) is 106 cm³/mol. The van der Waals surface area contributed by atoms with Gasteiger partial charge in [0.25, 0.3) is 0 Å². The highest BCUT2D eigenvalue weighted by Crippen LogP contribution is 2.30. The first-order chi connectivity index (χ1) is 13.1. The van der Waals surface area contributed by atoms with Crippen LogP contribution in [0.4, 0.5) is 5.95 Å². The monoisotopic (exact) mass is 369 g/mol. The number of nitrogen functional groups attached to an aromatic ring is 1. The quantitative estimate of drug-likeness (QED) is 0.731. The molecule has 0 radical (unpaired) electrons. The molecule has 1 aliphatic heterocycles. The van der Waals surface area contributed by atoms with E-state index in [0.29, 0.717) is 17.6 Å². The first kappa shape index (κ1) is 17.9. The molecule has 2 aromatic heterocycles. The first-order valence-electron chi connectivity index (χ1n) is 9.42. The zero-order chi connectivity index (χ0) is 19.0.